The van der Waals surface area contributed by atoms with Gasteiger partial charge in [0.2, 0.25) is 0 Å². The summed E-state index contributed by atoms with van der Waals surface area (Å²) in [5, 5.41) is 51.5. The number of carboxylic acids is 4. The first-order valence-electron chi connectivity index (χ1n) is 21.3. The van der Waals surface area contributed by atoms with Crippen LogP contribution in [0.2, 0.25) is 0 Å². The van der Waals surface area contributed by atoms with Crippen molar-refractivity contribution in [2.24, 2.45) is 0 Å². The predicted octanol–water partition coefficient (Wildman–Crippen LogP) is -1.45. The Kier molecular flexibility index (Phi) is 20.8. The van der Waals surface area contributed by atoms with E-state index in [9.17, 15) is 39.6 Å². The summed E-state index contributed by atoms with van der Waals surface area (Å²) in [5.74, 6) is -5.77. The molecule has 16 nitrogen and oxygen atoms in total. The van der Waals surface area contributed by atoms with Gasteiger partial charge in [-0.1, -0.05) is 121 Å². The van der Waals surface area contributed by atoms with Gasteiger partial charge in [-0.25, -0.2) is 0 Å². The molecule has 64 heavy (non-hydrogen) atoms. The minimum Gasteiger partial charge on any atom is -0.548 e. The lowest BCUT2D eigenvalue weighted by atomic mass is 10.1. The second kappa shape index (κ2) is 26.9. The number of carbonyl (C=O) groups excluding carboxylic acids is 4. The van der Waals surface area contributed by atoms with Gasteiger partial charge in [0.25, 0.3) is 0 Å². The van der Waals surface area contributed by atoms with Crippen LogP contribution in [0.25, 0.3) is 0 Å². The summed E-state index contributed by atoms with van der Waals surface area (Å²) in [5.41, 5.74) is 3.26. The van der Waals surface area contributed by atoms with Crippen molar-refractivity contribution in [1.29, 1.82) is 0 Å². The first kappa shape index (κ1) is 49.5. The maximum atomic E-state index is 12.9. The van der Waals surface area contributed by atoms with Gasteiger partial charge >= 0.3 is 0 Å². The van der Waals surface area contributed by atoms with Crippen molar-refractivity contribution < 1.29 is 58.6 Å². The smallest absolute Gasteiger partial charge is 0.0731 e. The maximum Gasteiger partial charge on any atom is 0.0731 e. The lowest BCUT2D eigenvalue weighted by Gasteiger charge is -2.42. The van der Waals surface area contributed by atoms with E-state index in [1.165, 1.54) is 0 Å². The van der Waals surface area contributed by atoms with Crippen molar-refractivity contribution in [3.05, 3.63) is 144 Å². The predicted molar refractivity (Wildman–Crippen MR) is 226 cm³/mol. The van der Waals surface area contributed by atoms with Crippen LogP contribution in [0.15, 0.2) is 121 Å². The van der Waals surface area contributed by atoms with Crippen LogP contribution in [0.3, 0.4) is 0 Å². The van der Waals surface area contributed by atoms with Gasteiger partial charge < -0.3 is 58.6 Å². The van der Waals surface area contributed by atoms with E-state index in [0.717, 1.165) is 22.3 Å². The molecule has 0 amide bonds. The van der Waals surface area contributed by atoms with Crippen molar-refractivity contribution in [2.75, 3.05) is 78.8 Å². The molecule has 1 aliphatic heterocycles. The third-order valence-electron chi connectivity index (χ3n) is 11.1. The standard InChI is InChI=1S/C48H60N4O12/c53-45(54)41(33-61-29-37-13-5-1-6-14-37)49-21-23-50(42(46(55)56)34-62-30-38-15-7-2-8-16-38)25-27-52(44(48(59)60)36-64-32-40-19-11-4-12-20-40)28-26-51(24-22-49)43(47(57)58)35-63-31-39-17-9-3-10-18-39/h1-20,41-44H,21-36H2,(H,53,54)(H,55,56)(H,57,58)(H,59,60)/p-4. The Labute approximate surface area is 374 Å². The molecule has 5 rings (SSSR count). The zero-order chi connectivity index (χ0) is 45.5. The summed E-state index contributed by atoms with van der Waals surface area (Å²) in [6, 6.07) is 31.4. The highest BCUT2D eigenvalue weighted by Crippen LogP contribution is 2.15. The Morgan fingerprint density at radius 1 is 0.344 bits per heavy atom. The van der Waals surface area contributed by atoms with Gasteiger partial charge in [0.15, 0.2) is 0 Å². The highest BCUT2D eigenvalue weighted by molar-refractivity contribution is 5.73. The zero-order valence-electron chi connectivity index (χ0n) is 35.9. The Morgan fingerprint density at radius 2 is 0.516 bits per heavy atom. The number of hydrogen-bond acceptors (Lipinski definition) is 16. The Morgan fingerprint density at radius 3 is 0.672 bits per heavy atom. The molecule has 344 valence electrons. The molecule has 0 bridgehead atoms. The largest absolute Gasteiger partial charge is 0.548 e. The van der Waals surface area contributed by atoms with Crippen molar-refractivity contribution in [2.45, 2.75) is 50.6 Å². The molecule has 0 spiro atoms. The Bertz CT molecular complexity index is 1680. The van der Waals surface area contributed by atoms with E-state index in [2.05, 4.69) is 0 Å². The van der Waals surface area contributed by atoms with Gasteiger partial charge in [0.05, 0.1) is 101 Å². The third kappa shape index (κ3) is 16.5. The molecule has 0 aliphatic carbocycles. The maximum absolute atomic E-state index is 12.9. The van der Waals surface area contributed by atoms with Gasteiger partial charge in [-0.3, -0.25) is 19.6 Å². The van der Waals surface area contributed by atoms with E-state index < -0.39 is 48.0 Å². The fraction of sp³-hybridized carbons (Fsp3) is 0.417. The van der Waals surface area contributed by atoms with E-state index >= 15 is 0 Å². The van der Waals surface area contributed by atoms with Crippen LogP contribution < -0.4 is 20.4 Å². The van der Waals surface area contributed by atoms with Crippen LogP contribution in [0.1, 0.15) is 22.3 Å². The van der Waals surface area contributed by atoms with E-state index in [1.807, 2.05) is 121 Å². The number of rotatable bonds is 24. The number of ether oxygens (including phenoxy) is 4. The van der Waals surface area contributed by atoms with Gasteiger partial charge in [-0.05, 0) is 22.3 Å². The highest BCUT2D eigenvalue weighted by atomic mass is 16.5. The van der Waals surface area contributed by atoms with E-state index in [1.54, 1.807) is 19.6 Å². The van der Waals surface area contributed by atoms with Crippen molar-refractivity contribution in [3.8, 4) is 0 Å². The highest BCUT2D eigenvalue weighted by Gasteiger charge is 2.31. The zero-order valence-corrected chi connectivity index (χ0v) is 35.9. The molecule has 4 unspecified atom stereocenters. The Balaban J connectivity index is 1.44. The molecule has 1 aliphatic rings. The monoisotopic (exact) mass is 880 g/mol. The molecule has 0 aromatic heterocycles. The van der Waals surface area contributed by atoms with Gasteiger partial charge in [-0.2, -0.15) is 0 Å². The minimum absolute atomic E-state index is 0.0474. The summed E-state index contributed by atoms with van der Waals surface area (Å²) in [4.78, 5) is 57.8. The molecule has 1 saturated heterocycles. The molecule has 0 saturated carbocycles. The van der Waals surface area contributed by atoms with Crippen LogP contribution in [-0.2, 0) is 64.6 Å². The molecule has 4 aromatic rings. The topological polar surface area (TPSA) is 210 Å². The molecule has 4 aromatic carbocycles. The second-order valence-electron chi connectivity index (χ2n) is 15.5. The third-order valence-corrected chi connectivity index (χ3v) is 11.1. The number of carboxylic acid groups (broad SMARTS) is 4. The molecule has 1 heterocycles. The van der Waals surface area contributed by atoms with Crippen LogP contribution in [0.4, 0.5) is 0 Å². The normalized spacial score (nSPS) is 17.0. The Hall–Kier alpha value is -5.56. The molecule has 0 radical (unpaired) electrons. The van der Waals surface area contributed by atoms with Crippen LogP contribution in [0.5, 0.6) is 0 Å². The van der Waals surface area contributed by atoms with Crippen LogP contribution in [-0.4, -0.2) is 146 Å². The SMILES string of the molecule is O=C([O-])C(COCc1ccccc1)N1CCN(C(COCc2ccccc2)C(=O)[O-])CCN(C(COCc2ccccc2)C(=O)[O-])CCN(C(COCc2ccccc2)C(=O)[O-])CC1. The van der Waals surface area contributed by atoms with Crippen molar-refractivity contribution in [1.82, 2.24) is 19.6 Å². The van der Waals surface area contributed by atoms with Crippen molar-refractivity contribution >= 4 is 23.9 Å². The molecule has 1 fully saturated rings. The fourth-order valence-electron chi connectivity index (χ4n) is 7.46. The average molecular weight is 881 g/mol. The summed E-state index contributed by atoms with van der Waals surface area (Å²) >= 11 is 0. The summed E-state index contributed by atoms with van der Waals surface area (Å²) < 4.78 is 23.6. The second-order valence-corrected chi connectivity index (χ2v) is 15.5. The number of hydrogen-bond donors (Lipinski definition) is 0. The first-order valence-corrected chi connectivity index (χ1v) is 21.3. The lowest BCUT2D eigenvalue weighted by Crippen LogP contribution is -2.61. The van der Waals surface area contributed by atoms with E-state index in [-0.39, 0.29) is 105 Å². The summed E-state index contributed by atoms with van der Waals surface area (Å²) in [6.07, 6.45) is 0. The fourth-order valence-corrected chi connectivity index (χ4v) is 7.46. The number of benzene rings is 4. The molecule has 4 atom stereocenters. The molecular formula is C48H56N4O12-4. The minimum atomic E-state index is -1.44. The average Bonchev–Trinajstić information content (AvgIpc) is 3.29. The van der Waals surface area contributed by atoms with E-state index in [4.69, 9.17) is 18.9 Å². The van der Waals surface area contributed by atoms with Crippen LogP contribution >= 0.6 is 0 Å². The van der Waals surface area contributed by atoms with E-state index in [0.29, 0.717) is 0 Å². The van der Waals surface area contributed by atoms with Gasteiger partial charge in [-0.15, -0.1) is 0 Å². The van der Waals surface area contributed by atoms with Gasteiger partial charge in [0, 0.05) is 52.4 Å². The molecular weight excluding hydrogens is 825 g/mol. The first-order chi connectivity index (χ1) is 31.1. The lowest BCUT2D eigenvalue weighted by molar-refractivity contribution is -0.316. The number of aliphatic carboxylic acids is 4. The summed E-state index contributed by atoms with van der Waals surface area (Å²) in [7, 11) is 0. The van der Waals surface area contributed by atoms with Crippen LogP contribution in [0, 0.1) is 0 Å². The molecule has 16 heteroatoms. The van der Waals surface area contributed by atoms with Gasteiger partial charge in [0.1, 0.15) is 0 Å². The van der Waals surface area contributed by atoms with Crippen molar-refractivity contribution in [3.63, 3.8) is 0 Å². The summed E-state index contributed by atoms with van der Waals surface area (Å²) in [6.45, 7) is -1.13. The number of nitrogens with zero attached hydrogens (tertiary/aromatic N) is 4. The quantitative estimate of drug-likeness (QED) is 0.0789. The number of carbonyl (C=O) groups is 4. The molecule has 0 N–H and O–H groups in total.